The van der Waals surface area contributed by atoms with Crippen molar-refractivity contribution in [3.05, 3.63) is 70.7 Å². The Bertz CT molecular complexity index is 612. The van der Waals surface area contributed by atoms with Crippen LogP contribution >= 0.6 is 11.3 Å². The second-order valence-corrected chi connectivity index (χ2v) is 5.56. The Balaban J connectivity index is 1.75. The molecule has 0 aliphatic rings. The monoisotopic (exact) mass is 269 g/mol. The number of aromatic nitrogens is 3. The number of hydrogen-bond donors (Lipinski definition) is 0. The van der Waals surface area contributed by atoms with Crippen molar-refractivity contribution in [2.24, 2.45) is 0 Å². The Morgan fingerprint density at radius 3 is 2.89 bits per heavy atom. The molecular formula is C15H15N3S. The molecular weight excluding hydrogens is 254 g/mol. The fraction of sp³-hybridized carbons (Fsp3) is 0.200. The van der Waals surface area contributed by atoms with Crippen LogP contribution in [0.4, 0.5) is 0 Å². The number of nitrogens with zero attached hydrogens (tertiary/aromatic N) is 3. The zero-order valence-corrected chi connectivity index (χ0v) is 11.5. The average Bonchev–Trinajstić information content (AvgIpc) is 3.12. The third-order valence-corrected chi connectivity index (χ3v) is 4.11. The van der Waals surface area contributed by atoms with Gasteiger partial charge in [0.25, 0.3) is 0 Å². The Morgan fingerprint density at radius 1 is 1.32 bits per heavy atom. The van der Waals surface area contributed by atoms with Gasteiger partial charge in [0, 0.05) is 35.6 Å². The van der Waals surface area contributed by atoms with Crippen LogP contribution in [0, 0.1) is 0 Å². The van der Waals surface area contributed by atoms with E-state index in [9.17, 15) is 0 Å². The van der Waals surface area contributed by atoms with Gasteiger partial charge in [-0.2, -0.15) is 0 Å². The highest BCUT2D eigenvalue weighted by atomic mass is 32.1. The number of imidazole rings is 1. The van der Waals surface area contributed by atoms with Crippen LogP contribution in [0.2, 0.25) is 0 Å². The first kappa shape index (κ1) is 12.1. The summed E-state index contributed by atoms with van der Waals surface area (Å²) in [4.78, 5) is 9.99. The van der Waals surface area contributed by atoms with Crippen molar-refractivity contribution in [3.8, 4) is 0 Å². The maximum Gasteiger partial charge on any atom is 0.0951 e. The molecule has 0 spiro atoms. The fourth-order valence-corrected chi connectivity index (χ4v) is 2.77. The molecule has 0 radical (unpaired) electrons. The minimum absolute atomic E-state index is 0.269. The summed E-state index contributed by atoms with van der Waals surface area (Å²) in [5.74, 6) is 0. The number of pyridine rings is 1. The summed E-state index contributed by atoms with van der Waals surface area (Å²) in [7, 11) is 0. The number of hydrogen-bond acceptors (Lipinski definition) is 3. The van der Waals surface area contributed by atoms with Crippen LogP contribution in [0.15, 0.2) is 54.6 Å². The van der Waals surface area contributed by atoms with E-state index in [1.807, 2.05) is 18.7 Å². The molecule has 3 aromatic rings. The lowest BCUT2D eigenvalue weighted by Gasteiger charge is -2.13. The maximum atomic E-state index is 4.56. The molecule has 96 valence electrons. The molecule has 3 aromatic heterocycles. The molecule has 0 bridgehead atoms. The van der Waals surface area contributed by atoms with Crippen molar-refractivity contribution in [1.82, 2.24) is 14.5 Å². The van der Waals surface area contributed by atoms with Crippen LogP contribution in [-0.2, 0) is 6.42 Å². The highest BCUT2D eigenvalue weighted by Gasteiger charge is 2.07. The molecule has 0 fully saturated rings. The van der Waals surface area contributed by atoms with E-state index < -0.39 is 0 Å². The second-order valence-electron chi connectivity index (χ2n) is 4.52. The van der Waals surface area contributed by atoms with Crippen molar-refractivity contribution >= 4 is 11.3 Å². The van der Waals surface area contributed by atoms with E-state index in [0.717, 1.165) is 12.1 Å². The molecule has 1 atom stereocenters. The minimum atomic E-state index is 0.269. The van der Waals surface area contributed by atoms with E-state index in [2.05, 4.69) is 51.1 Å². The van der Waals surface area contributed by atoms with Gasteiger partial charge in [0.05, 0.1) is 12.4 Å². The van der Waals surface area contributed by atoms with E-state index in [4.69, 9.17) is 0 Å². The molecule has 0 saturated heterocycles. The summed E-state index contributed by atoms with van der Waals surface area (Å²) >= 11 is 1.77. The Kier molecular flexibility index (Phi) is 3.42. The van der Waals surface area contributed by atoms with Crippen LogP contribution in [-0.4, -0.2) is 14.5 Å². The van der Waals surface area contributed by atoms with Crippen molar-refractivity contribution < 1.29 is 0 Å². The van der Waals surface area contributed by atoms with Gasteiger partial charge in [-0.1, -0.05) is 12.1 Å². The molecule has 19 heavy (non-hydrogen) atoms. The normalized spacial score (nSPS) is 12.5. The van der Waals surface area contributed by atoms with Crippen LogP contribution in [0.5, 0.6) is 0 Å². The molecule has 1 unspecified atom stereocenters. The first-order chi connectivity index (χ1) is 9.33. The summed E-state index contributed by atoms with van der Waals surface area (Å²) < 4.78 is 2.08. The molecule has 3 heterocycles. The third-order valence-electron chi connectivity index (χ3n) is 3.24. The minimum Gasteiger partial charge on any atom is -0.330 e. The van der Waals surface area contributed by atoms with Gasteiger partial charge < -0.3 is 4.57 Å². The molecule has 0 aromatic carbocycles. The van der Waals surface area contributed by atoms with Crippen molar-refractivity contribution in [2.45, 2.75) is 19.4 Å². The summed E-state index contributed by atoms with van der Waals surface area (Å²) in [6.45, 7) is 2.15. The molecule has 0 saturated carbocycles. The highest BCUT2D eigenvalue weighted by Crippen LogP contribution is 2.18. The smallest absolute Gasteiger partial charge is 0.0951 e. The van der Waals surface area contributed by atoms with E-state index in [1.54, 1.807) is 17.5 Å². The predicted octanol–water partition coefficient (Wildman–Crippen LogP) is 3.54. The van der Waals surface area contributed by atoms with Crippen LogP contribution in [0.25, 0.3) is 0 Å². The Hall–Kier alpha value is -1.94. The Morgan fingerprint density at radius 2 is 2.26 bits per heavy atom. The number of thiophene rings is 1. The summed E-state index contributed by atoms with van der Waals surface area (Å²) in [6, 6.07) is 8.76. The molecule has 0 amide bonds. The summed E-state index contributed by atoms with van der Waals surface area (Å²) in [5.41, 5.74) is 2.32. The van der Waals surface area contributed by atoms with Gasteiger partial charge in [-0.3, -0.25) is 4.98 Å². The van der Waals surface area contributed by atoms with E-state index in [0.29, 0.717) is 0 Å². The zero-order valence-electron chi connectivity index (χ0n) is 10.7. The fourth-order valence-electron chi connectivity index (χ4n) is 2.05. The molecule has 0 aliphatic carbocycles. The van der Waals surface area contributed by atoms with Gasteiger partial charge >= 0.3 is 0 Å². The lowest BCUT2D eigenvalue weighted by atomic mass is 10.1. The van der Waals surface area contributed by atoms with Gasteiger partial charge in [0.2, 0.25) is 0 Å². The molecule has 3 nitrogen and oxygen atoms in total. The summed E-state index contributed by atoms with van der Waals surface area (Å²) in [6.07, 6.45) is 8.49. The maximum absolute atomic E-state index is 4.56. The third kappa shape index (κ3) is 2.74. The largest absolute Gasteiger partial charge is 0.330 e. The number of rotatable bonds is 4. The second kappa shape index (κ2) is 5.36. The zero-order chi connectivity index (χ0) is 13.1. The van der Waals surface area contributed by atoms with E-state index in [1.165, 1.54) is 10.4 Å². The quantitative estimate of drug-likeness (QED) is 0.725. The lowest BCUT2D eigenvalue weighted by molar-refractivity contribution is 0.635. The van der Waals surface area contributed by atoms with Gasteiger partial charge in [-0.05, 0) is 30.0 Å². The molecule has 4 heteroatoms. The van der Waals surface area contributed by atoms with Crippen molar-refractivity contribution in [1.29, 1.82) is 0 Å². The van der Waals surface area contributed by atoms with Gasteiger partial charge in [0.15, 0.2) is 0 Å². The van der Waals surface area contributed by atoms with Crippen LogP contribution in [0.3, 0.4) is 0 Å². The predicted molar refractivity (Wildman–Crippen MR) is 77.4 cm³/mol. The molecule has 0 aliphatic heterocycles. The van der Waals surface area contributed by atoms with Gasteiger partial charge in [-0.15, -0.1) is 11.3 Å². The van der Waals surface area contributed by atoms with E-state index in [-0.39, 0.29) is 6.04 Å². The van der Waals surface area contributed by atoms with Gasteiger partial charge in [-0.25, -0.2) is 4.98 Å². The van der Waals surface area contributed by atoms with Crippen molar-refractivity contribution in [2.75, 3.05) is 0 Å². The summed E-state index contributed by atoms with van der Waals surface area (Å²) in [5, 5.41) is 2.10. The van der Waals surface area contributed by atoms with Gasteiger partial charge in [0.1, 0.15) is 0 Å². The topological polar surface area (TPSA) is 30.7 Å². The van der Waals surface area contributed by atoms with Crippen LogP contribution in [0.1, 0.15) is 29.1 Å². The van der Waals surface area contributed by atoms with Crippen molar-refractivity contribution in [3.63, 3.8) is 0 Å². The van der Waals surface area contributed by atoms with E-state index >= 15 is 0 Å². The van der Waals surface area contributed by atoms with Crippen LogP contribution < -0.4 is 0 Å². The Labute approximate surface area is 116 Å². The SMILES string of the molecule is CC(c1ccc(Cc2cccs2)nc1)n1ccnc1. The average molecular weight is 269 g/mol. The molecule has 3 rings (SSSR count). The molecule has 0 N–H and O–H groups in total. The standard InChI is InChI=1S/C15H15N3S/c1-12(18-7-6-16-11-18)13-4-5-14(17-10-13)9-15-3-2-8-19-15/h2-8,10-12H,9H2,1H3. The lowest BCUT2D eigenvalue weighted by Crippen LogP contribution is -2.05. The first-order valence-corrected chi connectivity index (χ1v) is 7.15. The first-order valence-electron chi connectivity index (χ1n) is 6.27. The highest BCUT2D eigenvalue weighted by molar-refractivity contribution is 7.09.